The lowest BCUT2D eigenvalue weighted by molar-refractivity contribution is 0.342. The highest BCUT2D eigenvalue weighted by Crippen LogP contribution is 1.81. The van der Waals surface area contributed by atoms with Gasteiger partial charge in [0.05, 0.1) is 12.9 Å². The number of hydrogen-bond donors (Lipinski definition) is 0. The van der Waals surface area contributed by atoms with Crippen molar-refractivity contribution in [2.24, 2.45) is 0 Å². The van der Waals surface area contributed by atoms with Crippen molar-refractivity contribution in [3.8, 4) is 0 Å². The highest BCUT2D eigenvalue weighted by Gasteiger charge is 1.94. The summed E-state index contributed by atoms with van der Waals surface area (Å²) in [6.07, 6.45) is 1.02. The highest BCUT2D eigenvalue weighted by atomic mass is 32.2. The molecule has 0 atom stereocenters. The first kappa shape index (κ1) is 10.8. The third-order valence-electron chi connectivity index (χ3n) is 0.332. The molecule has 2 N–H and O–H groups in total. The van der Waals surface area contributed by atoms with Crippen LogP contribution in [0.5, 0.6) is 0 Å². The largest absolute Gasteiger partial charge is 0.412 e. The molecule has 0 heterocycles. The summed E-state index contributed by atoms with van der Waals surface area (Å²) >= 11 is 0. The Kier molecular flexibility index (Phi) is 5.15. The molecule has 0 saturated heterocycles. The van der Waals surface area contributed by atoms with E-state index in [9.17, 15) is 8.42 Å². The molecule has 5 heteroatoms. The average molecular weight is 142 g/mol. The van der Waals surface area contributed by atoms with Crippen LogP contribution in [0, 0.1) is 0 Å². The Hall–Kier alpha value is -0.130. The minimum atomic E-state index is -3.17. The van der Waals surface area contributed by atoms with Gasteiger partial charge in [-0.2, -0.15) is 8.42 Å². The van der Waals surface area contributed by atoms with Crippen molar-refractivity contribution in [3.05, 3.63) is 0 Å². The van der Waals surface area contributed by atoms with Crippen molar-refractivity contribution in [1.29, 1.82) is 0 Å². The van der Waals surface area contributed by atoms with Gasteiger partial charge in [0.2, 0.25) is 0 Å². The van der Waals surface area contributed by atoms with E-state index >= 15 is 0 Å². The van der Waals surface area contributed by atoms with Crippen LogP contribution >= 0.6 is 0 Å². The van der Waals surface area contributed by atoms with E-state index in [0.29, 0.717) is 0 Å². The van der Waals surface area contributed by atoms with Gasteiger partial charge >= 0.3 is 0 Å². The minimum Gasteiger partial charge on any atom is -0.412 e. The van der Waals surface area contributed by atoms with Crippen molar-refractivity contribution < 1.29 is 18.1 Å². The van der Waals surface area contributed by atoms with Gasteiger partial charge in [0.1, 0.15) is 0 Å². The molecule has 0 spiro atoms. The summed E-state index contributed by atoms with van der Waals surface area (Å²) in [4.78, 5) is 0. The Morgan fingerprint density at radius 3 is 1.88 bits per heavy atom. The Labute approximate surface area is 48.9 Å². The fraction of sp³-hybridized carbons (Fsp3) is 1.00. The van der Waals surface area contributed by atoms with Crippen LogP contribution in [0.25, 0.3) is 0 Å². The van der Waals surface area contributed by atoms with E-state index in [1.165, 1.54) is 0 Å². The minimum absolute atomic E-state index is 0. The molecule has 0 unspecified atom stereocenters. The lowest BCUT2D eigenvalue weighted by Crippen LogP contribution is -2.00. The van der Waals surface area contributed by atoms with Gasteiger partial charge in [-0.3, -0.25) is 4.18 Å². The summed E-state index contributed by atoms with van der Waals surface area (Å²) in [5.74, 6) is 0. The van der Waals surface area contributed by atoms with E-state index in [0.717, 1.165) is 6.26 Å². The number of hydrogen-bond acceptors (Lipinski definition) is 3. The monoisotopic (exact) mass is 142 g/mol. The Bertz CT molecular complexity index is 124. The first-order chi connectivity index (χ1) is 3.06. The first-order valence-corrected chi connectivity index (χ1v) is 3.72. The molecule has 8 heavy (non-hydrogen) atoms. The Morgan fingerprint density at radius 2 is 1.88 bits per heavy atom. The van der Waals surface area contributed by atoms with Gasteiger partial charge in [-0.05, 0) is 6.92 Å². The Balaban J connectivity index is 0. The summed E-state index contributed by atoms with van der Waals surface area (Å²) in [6, 6.07) is 0. The van der Waals surface area contributed by atoms with Crippen molar-refractivity contribution >= 4 is 10.1 Å². The maximum Gasteiger partial charge on any atom is 0.264 e. The summed E-state index contributed by atoms with van der Waals surface area (Å²) < 4.78 is 24.2. The maximum absolute atomic E-state index is 10.0. The molecule has 0 amide bonds. The molecule has 0 rings (SSSR count). The van der Waals surface area contributed by atoms with Gasteiger partial charge in [0.25, 0.3) is 10.1 Å². The average Bonchev–Trinajstić information content (AvgIpc) is 1.30. The van der Waals surface area contributed by atoms with Crippen LogP contribution in [0.3, 0.4) is 0 Å². The van der Waals surface area contributed by atoms with E-state index in [-0.39, 0.29) is 12.1 Å². The third kappa shape index (κ3) is 9.30. The standard InChI is InChI=1S/C3H8O3S.H2O/c1-3-6-7(2,4)5;/h3H2,1-2H3;1H2. The predicted molar refractivity (Wildman–Crippen MR) is 30.1 cm³/mol. The zero-order valence-electron chi connectivity index (χ0n) is 4.84. The van der Waals surface area contributed by atoms with Crippen LogP contribution in [-0.4, -0.2) is 26.8 Å². The van der Waals surface area contributed by atoms with E-state index in [2.05, 4.69) is 4.18 Å². The summed E-state index contributed by atoms with van der Waals surface area (Å²) in [5, 5.41) is 0. The van der Waals surface area contributed by atoms with Gasteiger partial charge < -0.3 is 5.48 Å². The molecule has 0 fully saturated rings. The molecule has 0 aliphatic carbocycles. The van der Waals surface area contributed by atoms with Gasteiger partial charge in [-0.1, -0.05) is 0 Å². The van der Waals surface area contributed by atoms with Gasteiger partial charge in [0.15, 0.2) is 0 Å². The highest BCUT2D eigenvalue weighted by molar-refractivity contribution is 7.85. The molecule has 0 aliphatic heterocycles. The SMILES string of the molecule is CCOS(C)(=O)=O.O. The third-order valence-corrected chi connectivity index (χ3v) is 0.996. The molecule has 0 aliphatic rings. The lowest BCUT2D eigenvalue weighted by atomic mass is 10.9. The Morgan fingerprint density at radius 1 is 1.50 bits per heavy atom. The topological polar surface area (TPSA) is 74.9 Å². The van der Waals surface area contributed by atoms with Crippen molar-refractivity contribution in [2.75, 3.05) is 12.9 Å². The molecule has 4 nitrogen and oxygen atoms in total. The van der Waals surface area contributed by atoms with Crippen LogP contribution in [0.2, 0.25) is 0 Å². The molecular weight excluding hydrogens is 132 g/mol. The van der Waals surface area contributed by atoms with Crippen LogP contribution in [-0.2, 0) is 14.3 Å². The molecule has 0 aromatic carbocycles. The molecule has 0 saturated carbocycles. The zero-order valence-corrected chi connectivity index (χ0v) is 5.66. The van der Waals surface area contributed by atoms with E-state index in [1.807, 2.05) is 0 Å². The van der Waals surface area contributed by atoms with Crippen LogP contribution in [0.15, 0.2) is 0 Å². The molecule has 0 radical (unpaired) electrons. The first-order valence-electron chi connectivity index (χ1n) is 1.90. The maximum atomic E-state index is 10.0. The smallest absolute Gasteiger partial charge is 0.264 e. The fourth-order valence-electron chi connectivity index (χ4n) is 0.214. The second kappa shape index (κ2) is 3.82. The summed E-state index contributed by atoms with van der Waals surface area (Å²) in [5.41, 5.74) is 0. The van der Waals surface area contributed by atoms with Crippen LogP contribution < -0.4 is 0 Å². The summed E-state index contributed by atoms with van der Waals surface area (Å²) in [6.45, 7) is 1.85. The van der Waals surface area contributed by atoms with E-state index in [1.54, 1.807) is 6.92 Å². The van der Waals surface area contributed by atoms with E-state index in [4.69, 9.17) is 0 Å². The molecular formula is C3H10O4S. The van der Waals surface area contributed by atoms with Crippen LogP contribution in [0.1, 0.15) is 6.92 Å². The van der Waals surface area contributed by atoms with Crippen molar-refractivity contribution in [3.63, 3.8) is 0 Å². The predicted octanol–water partition coefficient (Wildman–Crippen LogP) is -0.842. The molecule has 52 valence electrons. The van der Waals surface area contributed by atoms with Gasteiger partial charge in [-0.15, -0.1) is 0 Å². The normalized spacial score (nSPS) is 10.2. The summed E-state index contributed by atoms with van der Waals surface area (Å²) in [7, 11) is -3.17. The lowest BCUT2D eigenvalue weighted by Gasteiger charge is -1.90. The second-order valence-electron chi connectivity index (χ2n) is 1.11. The zero-order chi connectivity index (χ0) is 5.91. The van der Waals surface area contributed by atoms with Crippen molar-refractivity contribution in [1.82, 2.24) is 0 Å². The molecule has 0 bridgehead atoms. The van der Waals surface area contributed by atoms with Gasteiger partial charge in [-0.25, -0.2) is 0 Å². The quantitative estimate of drug-likeness (QED) is 0.472. The fourth-order valence-corrected chi connectivity index (χ4v) is 0.642. The van der Waals surface area contributed by atoms with Crippen molar-refractivity contribution in [2.45, 2.75) is 6.92 Å². The molecule has 0 aromatic heterocycles. The second-order valence-corrected chi connectivity index (χ2v) is 2.75. The van der Waals surface area contributed by atoms with E-state index < -0.39 is 10.1 Å². The molecule has 0 aromatic rings. The van der Waals surface area contributed by atoms with Gasteiger partial charge in [0, 0.05) is 0 Å². The number of rotatable bonds is 2. The van der Waals surface area contributed by atoms with Crippen LogP contribution in [0.4, 0.5) is 0 Å².